The van der Waals surface area contributed by atoms with Gasteiger partial charge in [0.2, 0.25) is 0 Å². The predicted molar refractivity (Wildman–Crippen MR) is 67.8 cm³/mol. The second-order valence-electron chi connectivity index (χ2n) is 4.06. The van der Waals surface area contributed by atoms with Crippen LogP contribution in [0.3, 0.4) is 0 Å². The normalized spacial score (nSPS) is 10.3. The van der Waals surface area contributed by atoms with Crippen molar-refractivity contribution in [3.8, 4) is 0 Å². The lowest BCUT2D eigenvalue weighted by atomic mass is 10.2. The number of rotatable bonds is 3. The molecule has 1 amide bonds. The number of nitrogen functional groups attached to an aromatic ring is 1. The van der Waals surface area contributed by atoms with Crippen LogP contribution < -0.4 is 11.1 Å². The van der Waals surface area contributed by atoms with Crippen LogP contribution in [0.2, 0.25) is 0 Å². The van der Waals surface area contributed by atoms with E-state index in [0.717, 1.165) is 11.5 Å². The molecule has 0 saturated heterocycles. The number of hydrogen-bond acceptors (Lipinski definition) is 4. The Kier molecular flexibility index (Phi) is 3.27. The molecular formula is C12H15N5O. The van der Waals surface area contributed by atoms with Gasteiger partial charge in [-0.1, -0.05) is 0 Å². The number of nitrogens with zero attached hydrogens (tertiary/aromatic N) is 3. The van der Waals surface area contributed by atoms with E-state index in [0.29, 0.717) is 17.9 Å². The van der Waals surface area contributed by atoms with Gasteiger partial charge in [0, 0.05) is 30.7 Å². The molecule has 0 saturated carbocycles. The average molecular weight is 245 g/mol. The maximum Gasteiger partial charge on any atom is 0.251 e. The van der Waals surface area contributed by atoms with Gasteiger partial charge < -0.3 is 15.6 Å². The Morgan fingerprint density at radius 2 is 2.28 bits per heavy atom. The van der Waals surface area contributed by atoms with E-state index >= 15 is 0 Å². The number of anilines is 1. The standard InChI is InChI=1S/C12H15N5O/c1-8-5-9(6-10(13)16-8)12(18)15-7-11-14-3-4-17(11)2/h3-6H,7H2,1-2H3,(H2,13,16)(H,15,18). The minimum Gasteiger partial charge on any atom is -0.384 e. The number of aryl methyl sites for hydroxylation is 2. The summed E-state index contributed by atoms with van der Waals surface area (Å²) in [6.07, 6.45) is 3.52. The molecule has 0 fully saturated rings. The minimum atomic E-state index is -0.185. The summed E-state index contributed by atoms with van der Waals surface area (Å²) in [4.78, 5) is 20.1. The third kappa shape index (κ3) is 2.65. The zero-order chi connectivity index (χ0) is 13.1. The van der Waals surface area contributed by atoms with Gasteiger partial charge in [-0.25, -0.2) is 9.97 Å². The minimum absolute atomic E-state index is 0.185. The summed E-state index contributed by atoms with van der Waals surface area (Å²) < 4.78 is 1.85. The Morgan fingerprint density at radius 3 is 2.89 bits per heavy atom. The third-order valence-corrected chi connectivity index (χ3v) is 2.56. The fourth-order valence-electron chi connectivity index (χ4n) is 1.65. The summed E-state index contributed by atoms with van der Waals surface area (Å²) in [5, 5.41) is 2.79. The summed E-state index contributed by atoms with van der Waals surface area (Å²) in [7, 11) is 1.88. The van der Waals surface area contributed by atoms with E-state index in [1.54, 1.807) is 25.3 Å². The Hall–Kier alpha value is -2.37. The van der Waals surface area contributed by atoms with Crippen LogP contribution in [-0.2, 0) is 13.6 Å². The lowest BCUT2D eigenvalue weighted by Crippen LogP contribution is -2.24. The van der Waals surface area contributed by atoms with E-state index in [9.17, 15) is 4.79 Å². The highest BCUT2D eigenvalue weighted by Crippen LogP contribution is 2.07. The summed E-state index contributed by atoms with van der Waals surface area (Å²) >= 11 is 0. The molecule has 0 unspecified atom stereocenters. The van der Waals surface area contributed by atoms with E-state index in [-0.39, 0.29) is 5.91 Å². The van der Waals surface area contributed by atoms with Gasteiger partial charge in [-0.3, -0.25) is 4.79 Å². The predicted octanol–water partition coefficient (Wildman–Crippen LogP) is 0.636. The van der Waals surface area contributed by atoms with Crippen LogP contribution in [0.1, 0.15) is 21.9 Å². The highest BCUT2D eigenvalue weighted by molar-refractivity contribution is 5.94. The maximum atomic E-state index is 11.9. The van der Waals surface area contributed by atoms with Crippen molar-refractivity contribution in [3.63, 3.8) is 0 Å². The highest BCUT2D eigenvalue weighted by atomic mass is 16.1. The van der Waals surface area contributed by atoms with Crippen molar-refractivity contribution in [2.45, 2.75) is 13.5 Å². The van der Waals surface area contributed by atoms with Gasteiger partial charge in [0.05, 0.1) is 6.54 Å². The second-order valence-corrected chi connectivity index (χ2v) is 4.06. The smallest absolute Gasteiger partial charge is 0.251 e. The summed E-state index contributed by atoms with van der Waals surface area (Å²) in [6, 6.07) is 3.25. The van der Waals surface area contributed by atoms with Gasteiger partial charge in [-0.15, -0.1) is 0 Å². The first kappa shape index (κ1) is 12.1. The molecule has 0 aliphatic carbocycles. The molecule has 2 aromatic heterocycles. The van der Waals surface area contributed by atoms with Gasteiger partial charge in [0.1, 0.15) is 11.6 Å². The summed E-state index contributed by atoms with van der Waals surface area (Å²) in [5.41, 5.74) is 6.83. The van der Waals surface area contributed by atoms with Crippen LogP contribution in [0.25, 0.3) is 0 Å². The van der Waals surface area contributed by atoms with E-state index in [2.05, 4.69) is 15.3 Å². The van der Waals surface area contributed by atoms with Crippen molar-refractivity contribution in [3.05, 3.63) is 41.6 Å². The third-order valence-electron chi connectivity index (χ3n) is 2.56. The molecule has 0 aliphatic heterocycles. The number of carbonyl (C=O) groups is 1. The van der Waals surface area contributed by atoms with E-state index in [1.165, 1.54) is 0 Å². The first-order valence-corrected chi connectivity index (χ1v) is 5.55. The number of nitrogens with two attached hydrogens (primary N) is 1. The average Bonchev–Trinajstić information content (AvgIpc) is 2.70. The van der Waals surface area contributed by atoms with Crippen molar-refractivity contribution in [1.82, 2.24) is 19.9 Å². The van der Waals surface area contributed by atoms with Crippen LogP contribution in [-0.4, -0.2) is 20.4 Å². The highest BCUT2D eigenvalue weighted by Gasteiger charge is 2.08. The maximum absolute atomic E-state index is 11.9. The van der Waals surface area contributed by atoms with Crippen molar-refractivity contribution < 1.29 is 4.79 Å². The molecule has 3 N–H and O–H groups in total. The lowest BCUT2D eigenvalue weighted by molar-refractivity contribution is 0.0949. The van der Waals surface area contributed by atoms with Gasteiger partial charge in [0.25, 0.3) is 5.91 Å². The molecule has 0 radical (unpaired) electrons. The topological polar surface area (TPSA) is 85.8 Å². The molecular weight excluding hydrogens is 230 g/mol. The Morgan fingerprint density at radius 1 is 1.50 bits per heavy atom. The van der Waals surface area contributed by atoms with Crippen molar-refractivity contribution in [1.29, 1.82) is 0 Å². The molecule has 6 nitrogen and oxygen atoms in total. The molecule has 2 rings (SSSR count). The van der Waals surface area contributed by atoms with Gasteiger partial charge in [-0.05, 0) is 19.1 Å². The fraction of sp³-hybridized carbons (Fsp3) is 0.250. The van der Waals surface area contributed by atoms with Crippen LogP contribution in [0, 0.1) is 6.92 Å². The zero-order valence-corrected chi connectivity index (χ0v) is 10.3. The Bertz CT molecular complexity index is 555. The number of nitrogens with one attached hydrogen (secondary N) is 1. The monoisotopic (exact) mass is 245 g/mol. The number of pyridine rings is 1. The summed E-state index contributed by atoms with van der Waals surface area (Å²) in [6.45, 7) is 2.18. The van der Waals surface area contributed by atoms with Crippen LogP contribution in [0.4, 0.5) is 5.82 Å². The molecule has 2 heterocycles. The van der Waals surface area contributed by atoms with Gasteiger partial charge in [-0.2, -0.15) is 0 Å². The van der Waals surface area contributed by atoms with E-state index in [4.69, 9.17) is 5.73 Å². The molecule has 0 aromatic carbocycles. The molecule has 6 heteroatoms. The van der Waals surface area contributed by atoms with E-state index < -0.39 is 0 Å². The number of carbonyl (C=O) groups excluding carboxylic acids is 1. The molecule has 0 spiro atoms. The van der Waals surface area contributed by atoms with Gasteiger partial charge >= 0.3 is 0 Å². The molecule has 0 atom stereocenters. The van der Waals surface area contributed by atoms with Crippen molar-refractivity contribution in [2.75, 3.05) is 5.73 Å². The molecule has 2 aromatic rings. The Balaban J connectivity index is 2.06. The zero-order valence-electron chi connectivity index (χ0n) is 10.3. The van der Waals surface area contributed by atoms with Gasteiger partial charge in [0.15, 0.2) is 0 Å². The number of amides is 1. The number of aromatic nitrogens is 3. The van der Waals surface area contributed by atoms with Crippen LogP contribution in [0.5, 0.6) is 0 Å². The van der Waals surface area contributed by atoms with Crippen molar-refractivity contribution in [2.24, 2.45) is 7.05 Å². The van der Waals surface area contributed by atoms with Crippen LogP contribution in [0.15, 0.2) is 24.5 Å². The quantitative estimate of drug-likeness (QED) is 0.830. The summed E-state index contributed by atoms with van der Waals surface area (Å²) in [5.74, 6) is 0.953. The number of imidazole rings is 1. The molecule has 0 aliphatic rings. The lowest BCUT2D eigenvalue weighted by Gasteiger charge is -2.06. The Labute approximate surface area is 105 Å². The van der Waals surface area contributed by atoms with Crippen molar-refractivity contribution >= 4 is 11.7 Å². The second kappa shape index (κ2) is 4.87. The first-order chi connectivity index (χ1) is 8.56. The number of hydrogen-bond donors (Lipinski definition) is 2. The van der Waals surface area contributed by atoms with E-state index in [1.807, 2.05) is 17.8 Å². The fourth-order valence-corrected chi connectivity index (χ4v) is 1.65. The largest absolute Gasteiger partial charge is 0.384 e. The molecule has 0 bridgehead atoms. The molecule has 94 valence electrons. The first-order valence-electron chi connectivity index (χ1n) is 5.55. The van der Waals surface area contributed by atoms with Crippen LogP contribution >= 0.6 is 0 Å². The molecule has 18 heavy (non-hydrogen) atoms. The SMILES string of the molecule is Cc1cc(C(=O)NCc2nccn2C)cc(N)n1.